The smallest absolute Gasteiger partial charge is 0.305 e. The van der Waals surface area contributed by atoms with Gasteiger partial charge in [-0.2, -0.15) is 0 Å². The van der Waals surface area contributed by atoms with Gasteiger partial charge < -0.3 is 24.6 Å². The highest BCUT2D eigenvalue weighted by Gasteiger charge is 2.20. The number of rotatable bonds is 9. The number of hydrogen-bond donors (Lipinski definition) is 2. The Morgan fingerprint density at radius 2 is 1.64 bits per heavy atom. The van der Waals surface area contributed by atoms with E-state index >= 15 is 0 Å². The molecule has 1 atom stereocenters. The van der Waals surface area contributed by atoms with Crippen molar-refractivity contribution in [1.82, 2.24) is 5.32 Å². The molecule has 0 heterocycles. The Morgan fingerprint density at radius 1 is 0.964 bits per heavy atom. The van der Waals surface area contributed by atoms with Gasteiger partial charge in [0.15, 0.2) is 11.5 Å². The molecule has 150 valence electrons. The van der Waals surface area contributed by atoms with Crippen molar-refractivity contribution in [2.75, 3.05) is 21.3 Å². The molecule has 2 rings (SSSR count). The Balaban J connectivity index is 2.20. The number of ether oxygens (including phenoxy) is 3. The number of carboxylic acid groups (broad SMARTS) is 1. The van der Waals surface area contributed by atoms with E-state index in [1.54, 1.807) is 31.4 Å². The first kappa shape index (κ1) is 21.1. The first-order valence-electron chi connectivity index (χ1n) is 8.74. The number of methoxy groups -OCH3 is 3. The second-order valence-electron chi connectivity index (χ2n) is 6.31. The molecule has 0 radical (unpaired) electrons. The van der Waals surface area contributed by atoms with Gasteiger partial charge in [0, 0.05) is 0 Å². The predicted molar refractivity (Wildman–Crippen MR) is 104 cm³/mol. The van der Waals surface area contributed by atoms with Gasteiger partial charge in [0.2, 0.25) is 5.91 Å². The minimum atomic E-state index is -1.02. The van der Waals surface area contributed by atoms with Crippen LogP contribution in [0, 0.1) is 6.92 Å². The molecule has 1 amide bonds. The van der Waals surface area contributed by atoms with Crippen LogP contribution in [0.4, 0.5) is 0 Å². The normalized spacial score (nSPS) is 11.4. The highest BCUT2D eigenvalue weighted by atomic mass is 16.5. The third kappa shape index (κ3) is 5.39. The lowest BCUT2D eigenvalue weighted by Crippen LogP contribution is -2.31. The Kier molecular flexibility index (Phi) is 7.26. The van der Waals surface area contributed by atoms with E-state index in [0.29, 0.717) is 22.8 Å². The Morgan fingerprint density at radius 3 is 2.25 bits per heavy atom. The summed E-state index contributed by atoms with van der Waals surface area (Å²) in [7, 11) is 4.59. The lowest BCUT2D eigenvalue weighted by atomic mass is 10.0. The number of aliphatic carboxylic acids is 1. The van der Waals surface area contributed by atoms with E-state index < -0.39 is 12.0 Å². The van der Waals surface area contributed by atoms with E-state index in [0.717, 1.165) is 11.1 Å². The largest absolute Gasteiger partial charge is 0.496 e. The summed E-state index contributed by atoms with van der Waals surface area (Å²) in [5.74, 6) is 0.391. The summed E-state index contributed by atoms with van der Waals surface area (Å²) in [6.07, 6.45) is -0.140. The van der Waals surface area contributed by atoms with Gasteiger partial charge in [-0.15, -0.1) is 0 Å². The van der Waals surface area contributed by atoms with E-state index in [1.165, 1.54) is 14.2 Å². The third-order valence-corrected chi connectivity index (χ3v) is 4.36. The molecule has 28 heavy (non-hydrogen) atoms. The van der Waals surface area contributed by atoms with Gasteiger partial charge in [0.25, 0.3) is 0 Å². The SMILES string of the molecule is COc1cc(CC(=O)NC(CC(=O)O)c2ccc(OC)c(OC)c2)ccc1C. The van der Waals surface area contributed by atoms with Gasteiger partial charge in [0.1, 0.15) is 5.75 Å². The molecule has 0 aliphatic carbocycles. The van der Waals surface area contributed by atoms with E-state index in [4.69, 9.17) is 14.2 Å². The summed E-state index contributed by atoms with van der Waals surface area (Å²) < 4.78 is 15.8. The monoisotopic (exact) mass is 387 g/mol. The summed E-state index contributed by atoms with van der Waals surface area (Å²) in [6.45, 7) is 1.92. The molecule has 7 heteroatoms. The van der Waals surface area contributed by atoms with Crippen molar-refractivity contribution in [3.8, 4) is 17.2 Å². The fourth-order valence-electron chi connectivity index (χ4n) is 2.90. The molecule has 2 aromatic rings. The number of carbonyl (C=O) groups is 2. The van der Waals surface area contributed by atoms with Crippen LogP contribution >= 0.6 is 0 Å². The molecule has 0 aliphatic heterocycles. The average molecular weight is 387 g/mol. The third-order valence-electron chi connectivity index (χ3n) is 4.36. The molecule has 2 aromatic carbocycles. The zero-order valence-corrected chi connectivity index (χ0v) is 16.4. The zero-order valence-electron chi connectivity index (χ0n) is 16.4. The highest BCUT2D eigenvalue weighted by Crippen LogP contribution is 2.31. The van der Waals surface area contributed by atoms with Crippen LogP contribution in [0.5, 0.6) is 17.2 Å². The molecule has 0 saturated carbocycles. The minimum absolute atomic E-state index is 0.111. The van der Waals surface area contributed by atoms with Gasteiger partial charge in [-0.25, -0.2) is 0 Å². The van der Waals surface area contributed by atoms with Crippen LogP contribution in [-0.4, -0.2) is 38.3 Å². The molecule has 0 fully saturated rings. The van der Waals surface area contributed by atoms with Crippen LogP contribution in [0.25, 0.3) is 0 Å². The Bertz CT molecular complexity index is 849. The predicted octanol–water partition coefficient (Wildman–Crippen LogP) is 2.90. The quantitative estimate of drug-likeness (QED) is 0.687. The second-order valence-corrected chi connectivity index (χ2v) is 6.31. The molecule has 0 spiro atoms. The van der Waals surface area contributed by atoms with Gasteiger partial charge in [-0.1, -0.05) is 18.2 Å². The van der Waals surface area contributed by atoms with Crippen molar-refractivity contribution in [3.63, 3.8) is 0 Å². The summed E-state index contributed by atoms with van der Waals surface area (Å²) in [5, 5.41) is 12.0. The summed E-state index contributed by atoms with van der Waals surface area (Å²) in [4.78, 5) is 23.8. The number of nitrogens with one attached hydrogen (secondary N) is 1. The van der Waals surface area contributed by atoms with Gasteiger partial charge in [-0.3, -0.25) is 9.59 Å². The van der Waals surface area contributed by atoms with Crippen molar-refractivity contribution in [1.29, 1.82) is 0 Å². The van der Waals surface area contributed by atoms with Crippen molar-refractivity contribution in [2.24, 2.45) is 0 Å². The maximum Gasteiger partial charge on any atom is 0.305 e. The molecule has 7 nitrogen and oxygen atoms in total. The van der Waals surface area contributed by atoms with E-state index in [1.807, 2.05) is 19.1 Å². The molecular weight excluding hydrogens is 362 g/mol. The molecular formula is C21H25NO6. The molecule has 0 aromatic heterocycles. The van der Waals surface area contributed by atoms with Crippen LogP contribution in [-0.2, 0) is 16.0 Å². The number of hydrogen-bond acceptors (Lipinski definition) is 5. The minimum Gasteiger partial charge on any atom is -0.496 e. The summed E-state index contributed by atoms with van der Waals surface area (Å²) in [6, 6.07) is 9.89. The maximum absolute atomic E-state index is 12.5. The van der Waals surface area contributed by atoms with Crippen LogP contribution in [0.15, 0.2) is 36.4 Å². The number of carbonyl (C=O) groups excluding carboxylic acids is 1. The van der Waals surface area contributed by atoms with Crippen LogP contribution < -0.4 is 19.5 Å². The lowest BCUT2D eigenvalue weighted by Gasteiger charge is -2.19. The maximum atomic E-state index is 12.5. The van der Waals surface area contributed by atoms with E-state index in [9.17, 15) is 14.7 Å². The van der Waals surface area contributed by atoms with Gasteiger partial charge in [-0.05, 0) is 41.8 Å². The zero-order chi connectivity index (χ0) is 20.7. The number of carboxylic acids is 1. The lowest BCUT2D eigenvalue weighted by molar-refractivity contribution is -0.137. The fourth-order valence-corrected chi connectivity index (χ4v) is 2.90. The number of aryl methyl sites for hydroxylation is 1. The molecule has 0 saturated heterocycles. The Labute approximate surface area is 164 Å². The topological polar surface area (TPSA) is 94.1 Å². The van der Waals surface area contributed by atoms with E-state index in [-0.39, 0.29) is 18.7 Å². The average Bonchev–Trinajstić information content (AvgIpc) is 2.67. The van der Waals surface area contributed by atoms with Crippen molar-refractivity contribution in [3.05, 3.63) is 53.1 Å². The summed E-state index contributed by atoms with van der Waals surface area (Å²) >= 11 is 0. The molecule has 0 aliphatic rings. The first-order valence-corrected chi connectivity index (χ1v) is 8.74. The van der Waals surface area contributed by atoms with Gasteiger partial charge in [0.05, 0.1) is 40.2 Å². The van der Waals surface area contributed by atoms with Gasteiger partial charge >= 0.3 is 5.97 Å². The number of benzene rings is 2. The molecule has 2 N–H and O–H groups in total. The molecule has 1 unspecified atom stereocenters. The van der Waals surface area contributed by atoms with Crippen LogP contribution in [0.1, 0.15) is 29.2 Å². The highest BCUT2D eigenvalue weighted by molar-refractivity contribution is 5.80. The summed E-state index contributed by atoms with van der Waals surface area (Å²) in [5.41, 5.74) is 2.37. The van der Waals surface area contributed by atoms with E-state index in [2.05, 4.69) is 5.32 Å². The van der Waals surface area contributed by atoms with Crippen molar-refractivity contribution < 1.29 is 28.9 Å². The van der Waals surface area contributed by atoms with Crippen LogP contribution in [0.3, 0.4) is 0 Å². The molecule has 0 bridgehead atoms. The van der Waals surface area contributed by atoms with Crippen molar-refractivity contribution in [2.45, 2.75) is 25.8 Å². The van der Waals surface area contributed by atoms with Crippen molar-refractivity contribution >= 4 is 11.9 Å². The Hall–Kier alpha value is -3.22. The fraction of sp³-hybridized carbons (Fsp3) is 0.333. The standard InChI is InChI=1S/C21H25NO6/c1-13-5-6-14(9-18(13)27-3)10-20(23)22-16(12-21(24)25)15-7-8-17(26-2)19(11-15)28-4/h5-9,11,16H,10,12H2,1-4H3,(H,22,23)(H,24,25). The van der Waals surface area contributed by atoms with Crippen LogP contribution in [0.2, 0.25) is 0 Å². The first-order chi connectivity index (χ1) is 13.4. The second kappa shape index (κ2) is 9.64. The number of amides is 1.